The summed E-state index contributed by atoms with van der Waals surface area (Å²) in [4.78, 5) is 32.2. The largest absolute Gasteiger partial charge is 0.353 e. The summed E-state index contributed by atoms with van der Waals surface area (Å²) in [6.07, 6.45) is 3.66. The van der Waals surface area contributed by atoms with Gasteiger partial charge in [-0.3, -0.25) is 9.69 Å². The van der Waals surface area contributed by atoms with Gasteiger partial charge in [0.25, 0.3) is 0 Å². The van der Waals surface area contributed by atoms with Gasteiger partial charge in [-0.25, -0.2) is 14.5 Å². The molecule has 0 radical (unpaired) electrons. The van der Waals surface area contributed by atoms with Gasteiger partial charge in [-0.1, -0.05) is 13.8 Å². The van der Waals surface area contributed by atoms with E-state index in [0.29, 0.717) is 13.1 Å². The highest BCUT2D eigenvalue weighted by Gasteiger charge is 2.27. The van der Waals surface area contributed by atoms with Crippen molar-refractivity contribution in [3.63, 3.8) is 0 Å². The number of nitrogens with zero attached hydrogens (tertiary/aromatic N) is 7. The summed E-state index contributed by atoms with van der Waals surface area (Å²) in [5.41, 5.74) is 8.67. The van der Waals surface area contributed by atoms with Crippen molar-refractivity contribution in [2.45, 2.75) is 46.6 Å². The van der Waals surface area contributed by atoms with Gasteiger partial charge in [0.15, 0.2) is 5.65 Å². The number of hydrogen-bond donors (Lipinski definition) is 1. The van der Waals surface area contributed by atoms with Crippen LogP contribution in [0.4, 0.5) is 5.82 Å². The number of likely N-dealkylation sites (N-methyl/N-ethyl adjacent to an activating group) is 1. The van der Waals surface area contributed by atoms with Gasteiger partial charge in [0.1, 0.15) is 12.1 Å². The Kier molecular flexibility index (Phi) is 6.20. The number of carbonyl (C=O) groups is 1. The fourth-order valence-electron chi connectivity index (χ4n) is 5.12. The van der Waals surface area contributed by atoms with E-state index in [2.05, 4.69) is 66.0 Å². The molecule has 1 aliphatic heterocycles. The molecule has 5 rings (SSSR count). The molecule has 0 aromatic carbocycles. The summed E-state index contributed by atoms with van der Waals surface area (Å²) in [6, 6.07) is 4.11. The number of aromatic amines is 1. The first-order valence-electron chi connectivity index (χ1n) is 12.7. The van der Waals surface area contributed by atoms with Crippen molar-refractivity contribution < 1.29 is 4.79 Å². The number of carbonyl (C=O) groups excluding carboxylic acids is 1. The number of piperazine rings is 1. The fraction of sp³-hybridized carbons (Fsp3) is 0.481. The first-order valence-corrected chi connectivity index (χ1v) is 12.7. The highest BCUT2D eigenvalue weighted by molar-refractivity contribution is 5.90. The Labute approximate surface area is 212 Å². The second-order valence-electron chi connectivity index (χ2n) is 10.4. The maximum atomic E-state index is 12.8. The number of aryl methyl sites for hydroxylation is 1. The molecule has 0 spiro atoms. The third kappa shape index (κ3) is 4.01. The zero-order valence-corrected chi connectivity index (χ0v) is 22.3. The summed E-state index contributed by atoms with van der Waals surface area (Å²) >= 11 is 0. The number of nitrogens with one attached hydrogen (secondary N) is 1. The third-order valence-electron chi connectivity index (χ3n) is 7.69. The number of hydrogen-bond acceptors (Lipinski definition) is 6. The first kappa shape index (κ1) is 24.2. The molecular formula is C27H36N8O. The van der Waals surface area contributed by atoms with Crippen molar-refractivity contribution in [3.8, 4) is 11.3 Å². The van der Waals surface area contributed by atoms with Crippen LogP contribution in [0.2, 0.25) is 0 Å². The van der Waals surface area contributed by atoms with Crippen molar-refractivity contribution in [3.05, 3.63) is 41.3 Å². The summed E-state index contributed by atoms with van der Waals surface area (Å²) in [5, 5.41) is 4.39. The summed E-state index contributed by atoms with van der Waals surface area (Å²) in [7, 11) is 3.89. The van der Waals surface area contributed by atoms with E-state index in [4.69, 9.17) is 4.98 Å². The predicted octanol–water partition coefficient (Wildman–Crippen LogP) is 3.61. The summed E-state index contributed by atoms with van der Waals surface area (Å²) in [5.74, 6) is 1.43. The SMILES string of the molecule is Cc1c(-c2[nH]c3ccc(N4CCN(C(=O)C(C)N(C)C)CC4)nc3c2C(C)C)cn2ncnc2c1C. The second-order valence-corrected chi connectivity index (χ2v) is 10.4. The number of H-pyrrole nitrogens is 1. The molecule has 190 valence electrons. The van der Waals surface area contributed by atoms with Gasteiger partial charge in [-0.2, -0.15) is 5.10 Å². The minimum atomic E-state index is -0.110. The molecule has 4 aromatic rings. The van der Waals surface area contributed by atoms with Crippen LogP contribution in [-0.4, -0.2) is 86.6 Å². The zero-order valence-electron chi connectivity index (χ0n) is 22.3. The maximum Gasteiger partial charge on any atom is 0.239 e. The summed E-state index contributed by atoms with van der Waals surface area (Å²) in [6.45, 7) is 13.6. The minimum Gasteiger partial charge on any atom is -0.353 e. The van der Waals surface area contributed by atoms with Crippen LogP contribution in [0.25, 0.3) is 27.9 Å². The molecule has 9 nitrogen and oxygen atoms in total. The number of fused-ring (bicyclic) bond motifs is 2. The van der Waals surface area contributed by atoms with Crippen LogP contribution in [0.1, 0.15) is 43.4 Å². The summed E-state index contributed by atoms with van der Waals surface area (Å²) < 4.78 is 1.85. The topological polar surface area (TPSA) is 85.7 Å². The Hall–Kier alpha value is -3.46. The monoisotopic (exact) mass is 488 g/mol. The van der Waals surface area contributed by atoms with E-state index in [1.165, 1.54) is 11.1 Å². The Morgan fingerprint density at radius 2 is 1.78 bits per heavy atom. The Balaban J connectivity index is 1.48. The lowest BCUT2D eigenvalue weighted by Crippen LogP contribution is -2.53. The van der Waals surface area contributed by atoms with Crippen molar-refractivity contribution in [2.24, 2.45) is 0 Å². The Bertz CT molecular complexity index is 1420. The molecule has 1 atom stereocenters. The molecule has 1 amide bonds. The van der Waals surface area contributed by atoms with Crippen LogP contribution in [0, 0.1) is 13.8 Å². The van der Waals surface area contributed by atoms with Crippen LogP contribution in [0.3, 0.4) is 0 Å². The average Bonchev–Trinajstić information content (AvgIpc) is 3.49. The molecule has 0 saturated carbocycles. The smallest absolute Gasteiger partial charge is 0.239 e. The van der Waals surface area contributed by atoms with Gasteiger partial charge in [-0.05, 0) is 64.0 Å². The molecular weight excluding hydrogens is 452 g/mol. The highest BCUT2D eigenvalue weighted by atomic mass is 16.2. The van der Waals surface area contributed by atoms with Crippen LogP contribution in [0.15, 0.2) is 24.7 Å². The molecule has 1 aliphatic rings. The van der Waals surface area contributed by atoms with Gasteiger partial charge in [0.05, 0.1) is 22.8 Å². The molecule has 1 saturated heterocycles. The van der Waals surface area contributed by atoms with E-state index >= 15 is 0 Å². The van der Waals surface area contributed by atoms with E-state index < -0.39 is 0 Å². The lowest BCUT2D eigenvalue weighted by atomic mass is 9.95. The van der Waals surface area contributed by atoms with Crippen molar-refractivity contribution >= 4 is 28.4 Å². The van der Waals surface area contributed by atoms with Crippen molar-refractivity contribution in [1.82, 2.24) is 34.4 Å². The Morgan fingerprint density at radius 1 is 1.06 bits per heavy atom. The van der Waals surface area contributed by atoms with E-state index in [0.717, 1.165) is 52.4 Å². The van der Waals surface area contributed by atoms with E-state index in [1.807, 2.05) is 35.3 Å². The molecule has 0 aliphatic carbocycles. The molecule has 1 N–H and O–H groups in total. The highest BCUT2D eigenvalue weighted by Crippen LogP contribution is 2.38. The molecule has 36 heavy (non-hydrogen) atoms. The van der Waals surface area contributed by atoms with Gasteiger partial charge < -0.3 is 14.8 Å². The van der Waals surface area contributed by atoms with Gasteiger partial charge in [0, 0.05) is 43.5 Å². The standard InChI is InChI=1S/C27H36N8O/c1-16(2)23-24(20-14-35-26(28-15-29-35)18(4)17(20)3)30-21-8-9-22(31-25(21)23)33-10-12-34(13-11-33)27(36)19(5)32(6)7/h8-9,14-16,19,30H,10-13H2,1-7H3. The van der Waals surface area contributed by atoms with Crippen LogP contribution in [0.5, 0.6) is 0 Å². The molecule has 5 heterocycles. The van der Waals surface area contributed by atoms with Crippen LogP contribution >= 0.6 is 0 Å². The van der Waals surface area contributed by atoms with Gasteiger partial charge >= 0.3 is 0 Å². The first-order chi connectivity index (χ1) is 17.2. The number of rotatable bonds is 5. The van der Waals surface area contributed by atoms with Crippen molar-refractivity contribution in [2.75, 3.05) is 45.2 Å². The molecule has 9 heteroatoms. The second kappa shape index (κ2) is 9.20. The van der Waals surface area contributed by atoms with Crippen LogP contribution in [-0.2, 0) is 4.79 Å². The lowest BCUT2D eigenvalue weighted by molar-refractivity contribution is -0.135. The molecule has 1 fully saturated rings. The Morgan fingerprint density at radius 3 is 2.44 bits per heavy atom. The minimum absolute atomic E-state index is 0.110. The van der Waals surface area contributed by atoms with Crippen molar-refractivity contribution in [1.29, 1.82) is 0 Å². The quantitative estimate of drug-likeness (QED) is 0.462. The molecule has 0 bridgehead atoms. The third-order valence-corrected chi connectivity index (χ3v) is 7.69. The zero-order chi connectivity index (χ0) is 25.7. The number of anilines is 1. The van der Waals surface area contributed by atoms with E-state index in [-0.39, 0.29) is 17.9 Å². The average molecular weight is 489 g/mol. The lowest BCUT2D eigenvalue weighted by Gasteiger charge is -2.37. The number of amides is 1. The predicted molar refractivity (Wildman–Crippen MR) is 144 cm³/mol. The molecule has 4 aromatic heterocycles. The number of aromatic nitrogens is 5. The molecule has 1 unspecified atom stereocenters. The van der Waals surface area contributed by atoms with E-state index in [9.17, 15) is 4.79 Å². The van der Waals surface area contributed by atoms with Crippen LogP contribution < -0.4 is 4.90 Å². The van der Waals surface area contributed by atoms with Gasteiger partial charge in [-0.15, -0.1) is 0 Å². The fourth-order valence-corrected chi connectivity index (χ4v) is 5.12. The van der Waals surface area contributed by atoms with E-state index in [1.54, 1.807) is 6.33 Å². The maximum absolute atomic E-state index is 12.8. The van der Waals surface area contributed by atoms with Gasteiger partial charge in [0.2, 0.25) is 5.91 Å². The normalized spacial score (nSPS) is 15.6. The number of pyridine rings is 2.